The number of benzene rings is 1. The highest BCUT2D eigenvalue weighted by atomic mass is 19.4. The molecule has 1 fully saturated rings. The molecule has 1 amide bonds. The predicted molar refractivity (Wildman–Crippen MR) is 80.0 cm³/mol. The maximum absolute atomic E-state index is 13.6. The van der Waals surface area contributed by atoms with E-state index in [2.05, 4.69) is 5.10 Å². The Bertz CT molecular complexity index is 732. The first-order valence-corrected chi connectivity index (χ1v) is 7.47. The molecule has 0 radical (unpaired) electrons. The van der Waals surface area contributed by atoms with Crippen molar-refractivity contribution in [2.75, 3.05) is 26.3 Å². The van der Waals surface area contributed by atoms with E-state index in [1.807, 2.05) is 6.92 Å². The zero-order valence-electron chi connectivity index (χ0n) is 13.0. The molecule has 0 saturated carbocycles. The van der Waals surface area contributed by atoms with Gasteiger partial charge in [-0.05, 0) is 19.1 Å². The van der Waals surface area contributed by atoms with Crippen LogP contribution in [-0.4, -0.2) is 46.9 Å². The normalized spacial score (nSPS) is 15.6. The van der Waals surface area contributed by atoms with E-state index < -0.39 is 23.3 Å². The highest BCUT2D eigenvalue weighted by molar-refractivity contribution is 5.95. The number of rotatable bonds is 2. The molecular formula is C16H16F3N3O2. The molecule has 2 aromatic rings. The lowest BCUT2D eigenvalue weighted by molar-refractivity contribution is -0.143. The monoisotopic (exact) mass is 339 g/mol. The minimum absolute atomic E-state index is 0.258. The first-order chi connectivity index (χ1) is 11.4. The number of hydrogen-bond acceptors (Lipinski definition) is 3. The molecular weight excluding hydrogens is 323 g/mol. The van der Waals surface area contributed by atoms with Gasteiger partial charge in [0.2, 0.25) is 0 Å². The van der Waals surface area contributed by atoms with Gasteiger partial charge in [0.1, 0.15) is 0 Å². The third-order valence-electron chi connectivity index (χ3n) is 3.84. The van der Waals surface area contributed by atoms with Gasteiger partial charge in [-0.3, -0.25) is 4.79 Å². The number of ether oxygens (including phenoxy) is 1. The van der Waals surface area contributed by atoms with Crippen LogP contribution < -0.4 is 0 Å². The second-order valence-corrected chi connectivity index (χ2v) is 5.56. The van der Waals surface area contributed by atoms with Crippen molar-refractivity contribution in [2.24, 2.45) is 0 Å². The third kappa shape index (κ3) is 3.14. The summed E-state index contributed by atoms with van der Waals surface area (Å²) in [6, 6.07) is 6.47. The fourth-order valence-electron chi connectivity index (χ4n) is 2.60. The molecule has 24 heavy (non-hydrogen) atoms. The summed E-state index contributed by atoms with van der Waals surface area (Å²) in [6.07, 6.45) is -3.71. The first-order valence-electron chi connectivity index (χ1n) is 7.47. The number of carbonyl (C=O) groups excluding carboxylic acids is 1. The quantitative estimate of drug-likeness (QED) is 0.845. The zero-order valence-corrected chi connectivity index (χ0v) is 13.0. The summed E-state index contributed by atoms with van der Waals surface area (Å²) in [5, 5.41) is 3.82. The third-order valence-corrected chi connectivity index (χ3v) is 3.84. The van der Waals surface area contributed by atoms with Gasteiger partial charge >= 0.3 is 6.18 Å². The Morgan fingerprint density at radius 3 is 2.38 bits per heavy atom. The van der Waals surface area contributed by atoms with Gasteiger partial charge in [0.15, 0.2) is 5.69 Å². The zero-order chi connectivity index (χ0) is 17.3. The van der Waals surface area contributed by atoms with Crippen molar-refractivity contribution in [1.29, 1.82) is 0 Å². The number of alkyl halides is 3. The molecule has 0 unspecified atom stereocenters. The fourth-order valence-corrected chi connectivity index (χ4v) is 2.60. The topological polar surface area (TPSA) is 47.4 Å². The SMILES string of the molecule is Cc1ccc(-n2ncc(C(=O)N3CCOCC3)c2C(F)(F)F)cc1. The van der Waals surface area contributed by atoms with Gasteiger partial charge in [-0.25, -0.2) is 4.68 Å². The second kappa shape index (κ2) is 6.27. The van der Waals surface area contributed by atoms with Crippen molar-refractivity contribution in [3.05, 3.63) is 47.3 Å². The summed E-state index contributed by atoms with van der Waals surface area (Å²) >= 11 is 0. The van der Waals surface area contributed by atoms with Crippen molar-refractivity contribution in [2.45, 2.75) is 13.1 Å². The number of morpholine rings is 1. The van der Waals surface area contributed by atoms with E-state index in [0.717, 1.165) is 16.4 Å². The van der Waals surface area contributed by atoms with E-state index in [9.17, 15) is 18.0 Å². The Hall–Kier alpha value is -2.35. The molecule has 128 valence electrons. The minimum Gasteiger partial charge on any atom is -0.378 e. The maximum atomic E-state index is 13.6. The number of aromatic nitrogens is 2. The minimum atomic E-state index is -4.70. The summed E-state index contributed by atoms with van der Waals surface area (Å²) < 4.78 is 46.6. The number of aryl methyl sites for hydroxylation is 1. The number of halogens is 3. The average Bonchev–Trinajstić information content (AvgIpc) is 3.01. The molecule has 5 nitrogen and oxygen atoms in total. The van der Waals surface area contributed by atoms with E-state index in [1.54, 1.807) is 24.3 Å². The number of carbonyl (C=O) groups is 1. The van der Waals surface area contributed by atoms with Gasteiger partial charge in [0.25, 0.3) is 5.91 Å². The van der Waals surface area contributed by atoms with Gasteiger partial charge in [-0.2, -0.15) is 18.3 Å². The molecule has 2 heterocycles. The fraction of sp³-hybridized carbons (Fsp3) is 0.375. The Kier molecular flexibility index (Phi) is 4.31. The molecule has 1 aliphatic heterocycles. The van der Waals surface area contributed by atoms with Crippen LogP contribution in [0.25, 0.3) is 5.69 Å². The van der Waals surface area contributed by atoms with Crippen LogP contribution >= 0.6 is 0 Å². The van der Waals surface area contributed by atoms with Crippen molar-refractivity contribution in [3.8, 4) is 5.69 Å². The van der Waals surface area contributed by atoms with Crippen LogP contribution in [0.3, 0.4) is 0 Å². The predicted octanol–water partition coefficient (Wildman–Crippen LogP) is 2.67. The lowest BCUT2D eigenvalue weighted by Gasteiger charge is -2.27. The molecule has 0 aliphatic carbocycles. The van der Waals surface area contributed by atoms with E-state index >= 15 is 0 Å². The lowest BCUT2D eigenvalue weighted by Crippen LogP contribution is -2.41. The van der Waals surface area contributed by atoms with Crippen LogP contribution in [0.5, 0.6) is 0 Å². The summed E-state index contributed by atoms with van der Waals surface area (Å²) in [5.41, 5.74) is -0.314. The number of hydrogen-bond donors (Lipinski definition) is 0. The largest absolute Gasteiger partial charge is 0.434 e. The Morgan fingerprint density at radius 1 is 1.17 bits per heavy atom. The first kappa shape index (κ1) is 16.5. The molecule has 1 aromatic heterocycles. The van der Waals surface area contributed by atoms with Crippen LogP contribution in [-0.2, 0) is 10.9 Å². The van der Waals surface area contributed by atoms with Crippen LogP contribution in [0.15, 0.2) is 30.5 Å². The standard InChI is InChI=1S/C16H16F3N3O2/c1-11-2-4-12(5-3-11)22-14(16(17,18)19)13(10-20-22)15(23)21-6-8-24-9-7-21/h2-5,10H,6-9H2,1H3. The van der Waals surface area contributed by atoms with Gasteiger partial charge < -0.3 is 9.64 Å². The van der Waals surface area contributed by atoms with Crippen LogP contribution in [0, 0.1) is 6.92 Å². The summed E-state index contributed by atoms with van der Waals surface area (Å²) in [5.74, 6) is -0.677. The van der Waals surface area contributed by atoms with Crippen LogP contribution in [0.2, 0.25) is 0 Å². The number of nitrogens with zero attached hydrogens (tertiary/aromatic N) is 3. The smallest absolute Gasteiger partial charge is 0.378 e. The van der Waals surface area contributed by atoms with E-state index in [-0.39, 0.29) is 18.8 Å². The van der Waals surface area contributed by atoms with Gasteiger partial charge in [0, 0.05) is 13.1 Å². The number of amides is 1. The van der Waals surface area contributed by atoms with Crippen LogP contribution in [0.1, 0.15) is 21.6 Å². The van der Waals surface area contributed by atoms with Crippen LogP contribution in [0.4, 0.5) is 13.2 Å². The Morgan fingerprint density at radius 2 is 1.79 bits per heavy atom. The summed E-state index contributed by atoms with van der Waals surface area (Å²) in [4.78, 5) is 13.8. The Balaban J connectivity index is 2.04. The molecule has 1 saturated heterocycles. The molecule has 0 bridgehead atoms. The maximum Gasteiger partial charge on any atom is 0.434 e. The van der Waals surface area contributed by atoms with Crippen molar-refractivity contribution in [3.63, 3.8) is 0 Å². The van der Waals surface area contributed by atoms with E-state index in [4.69, 9.17) is 4.74 Å². The van der Waals surface area contributed by atoms with Crippen molar-refractivity contribution in [1.82, 2.24) is 14.7 Å². The summed E-state index contributed by atoms with van der Waals surface area (Å²) in [6.45, 7) is 3.01. The molecule has 0 atom stereocenters. The summed E-state index contributed by atoms with van der Waals surface area (Å²) in [7, 11) is 0. The molecule has 8 heteroatoms. The van der Waals surface area contributed by atoms with Gasteiger partial charge in [-0.15, -0.1) is 0 Å². The van der Waals surface area contributed by atoms with Gasteiger partial charge in [0.05, 0.1) is 30.7 Å². The van der Waals surface area contributed by atoms with Gasteiger partial charge in [-0.1, -0.05) is 17.7 Å². The van der Waals surface area contributed by atoms with E-state index in [1.165, 1.54) is 4.90 Å². The highest BCUT2D eigenvalue weighted by Gasteiger charge is 2.41. The molecule has 1 aliphatic rings. The molecule has 0 spiro atoms. The Labute approximate surface area is 136 Å². The molecule has 1 aromatic carbocycles. The molecule has 0 N–H and O–H groups in total. The molecule has 3 rings (SSSR count). The average molecular weight is 339 g/mol. The van der Waals surface area contributed by atoms with Crippen molar-refractivity contribution >= 4 is 5.91 Å². The highest BCUT2D eigenvalue weighted by Crippen LogP contribution is 2.34. The second-order valence-electron chi connectivity index (χ2n) is 5.56. The van der Waals surface area contributed by atoms with E-state index in [0.29, 0.717) is 13.2 Å². The lowest BCUT2D eigenvalue weighted by atomic mass is 10.2. The van der Waals surface area contributed by atoms with Crippen molar-refractivity contribution < 1.29 is 22.7 Å².